The Hall–Kier alpha value is -3.69. The number of likely N-dealkylation sites (tertiary alicyclic amines) is 1. The standard InChI is InChI=1S/C32H40N6O3/c1-35-14-6-10-25(35)23-41-32-33-29-21-37(30-12-5-9-24-8-3-4-11-27(24)30)16-13-28(29)31(34-32)38-18-17-36(15-7-19-39)26(20-38)22-40-2/h3-5,7-9,11-12,15,19,25-26H,6,10,13-14,16-18,20-23H2,1-2H3/t25-,26-/m0/s1. The Balaban J connectivity index is 1.31. The van der Waals surface area contributed by atoms with E-state index in [4.69, 9.17) is 19.4 Å². The first-order chi connectivity index (χ1) is 20.1. The SMILES string of the molecule is COC[C@@H]1CN(c2nc(OC[C@@H]3CCCN3C)nc3c2CCN(c2cccc4ccccc24)C3)CCN1C=CC=O. The van der Waals surface area contributed by atoms with Crippen LogP contribution in [0.2, 0.25) is 0 Å². The lowest BCUT2D eigenvalue weighted by Gasteiger charge is -2.42. The number of benzene rings is 2. The van der Waals surface area contributed by atoms with Crippen LogP contribution in [0.15, 0.2) is 54.7 Å². The first-order valence-corrected chi connectivity index (χ1v) is 14.7. The second kappa shape index (κ2) is 12.4. The number of piperazine rings is 1. The molecule has 2 aromatic carbocycles. The van der Waals surface area contributed by atoms with Gasteiger partial charge in [-0.05, 0) is 50.4 Å². The molecular formula is C32H40N6O3. The van der Waals surface area contributed by atoms with Crippen molar-refractivity contribution in [3.8, 4) is 6.01 Å². The fourth-order valence-corrected chi connectivity index (χ4v) is 6.51. The van der Waals surface area contributed by atoms with Gasteiger partial charge in [0.2, 0.25) is 0 Å². The molecule has 0 bridgehead atoms. The van der Waals surface area contributed by atoms with Crippen LogP contribution in [-0.4, -0.2) is 98.2 Å². The monoisotopic (exact) mass is 556 g/mol. The quantitative estimate of drug-likeness (QED) is 0.291. The zero-order valence-corrected chi connectivity index (χ0v) is 24.1. The summed E-state index contributed by atoms with van der Waals surface area (Å²) in [6.07, 6.45) is 7.45. The van der Waals surface area contributed by atoms with Crippen LogP contribution in [0.4, 0.5) is 11.5 Å². The lowest BCUT2D eigenvalue weighted by Crippen LogP contribution is -2.53. The first-order valence-electron chi connectivity index (χ1n) is 14.7. The van der Waals surface area contributed by atoms with Crippen molar-refractivity contribution in [3.05, 3.63) is 66.0 Å². The van der Waals surface area contributed by atoms with Gasteiger partial charge in [0.25, 0.3) is 0 Å². The summed E-state index contributed by atoms with van der Waals surface area (Å²) in [6, 6.07) is 16.1. The van der Waals surface area contributed by atoms with Crippen molar-refractivity contribution in [2.24, 2.45) is 0 Å². The molecule has 9 heteroatoms. The maximum atomic E-state index is 11.0. The number of aromatic nitrogens is 2. The smallest absolute Gasteiger partial charge is 0.318 e. The van der Waals surface area contributed by atoms with Gasteiger partial charge < -0.3 is 29.1 Å². The molecule has 216 valence electrons. The summed E-state index contributed by atoms with van der Waals surface area (Å²) in [5.74, 6) is 0.975. The van der Waals surface area contributed by atoms with E-state index in [9.17, 15) is 4.79 Å². The van der Waals surface area contributed by atoms with Crippen LogP contribution < -0.4 is 14.5 Å². The Morgan fingerprint density at radius 1 is 0.976 bits per heavy atom. The molecule has 1 aromatic heterocycles. The van der Waals surface area contributed by atoms with Crippen molar-refractivity contribution in [2.45, 2.75) is 37.9 Å². The maximum Gasteiger partial charge on any atom is 0.318 e. The minimum absolute atomic E-state index is 0.114. The van der Waals surface area contributed by atoms with Crippen LogP contribution in [0.5, 0.6) is 6.01 Å². The number of hydrogen-bond acceptors (Lipinski definition) is 9. The average molecular weight is 557 g/mol. The number of ether oxygens (including phenoxy) is 2. The highest BCUT2D eigenvalue weighted by Gasteiger charge is 2.31. The summed E-state index contributed by atoms with van der Waals surface area (Å²) in [6.45, 7) is 6.20. The van der Waals surface area contributed by atoms with E-state index in [1.807, 2.05) is 6.20 Å². The van der Waals surface area contributed by atoms with E-state index in [0.717, 1.165) is 63.4 Å². The van der Waals surface area contributed by atoms with E-state index in [-0.39, 0.29) is 6.04 Å². The Kier molecular flexibility index (Phi) is 8.34. The zero-order chi connectivity index (χ0) is 28.2. The first kappa shape index (κ1) is 27.5. The number of anilines is 2. The molecule has 0 unspecified atom stereocenters. The Morgan fingerprint density at radius 3 is 2.68 bits per heavy atom. The molecule has 0 amide bonds. The van der Waals surface area contributed by atoms with Crippen LogP contribution in [0.1, 0.15) is 24.1 Å². The van der Waals surface area contributed by atoms with Crippen LogP contribution in [0, 0.1) is 0 Å². The summed E-state index contributed by atoms with van der Waals surface area (Å²) in [5, 5.41) is 2.50. The molecule has 0 aliphatic carbocycles. The predicted molar refractivity (Wildman–Crippen MR) is 162 cm³/mol. The molecule has 4 heterocycles. The molecule has 0 saturated carbocycles. The third-order valence-electron chi connectivity index (χ3n) is 8.75. The molecule has 2 fully saturated rings. The average Bonchev–Trinajstić information content (AvgIpc) is 3.42. The maximum absolute atomic E-state index is 11.0. The molecule has 0 spiro atoms. The van der Waals surface area contributed by atoms with Crippen molar-refractivity contribution >= 4 is 28.6 Å². The van der Waals surface area contributed by atoms with Crippen molar-refractivity contribution < 1.29 is 14.3 Å². The number of hydrogen-bond donors (Lipinski definition) is 0. The number of likely N-dealkylation sites (N-methyl/N-ethyl adjacent to an activating group) is 1. The summed E-state index contributed by atoms with van der Waals surface area (Å²) in [5.41, 5.74) is 3.48. The van der Waals surface area contributed by atoms with E-state index in [1.165, 1.54) is 28.4 Å². The van der Waals surface area contributed by atoms with Gasteiger partial charge in [0.1, 0.15) is 18.7 Å². The largest absolute Gasteiger partial charge is 0.462 e. The molecule has 0 N–H and O–H groups in total. The molecular weight excluding hydrogens is 516 g/mol. The van der Waals surface area contributed by atoms with Crippen molar-refractivity contribution in [3.63, 3.8) is 0 Å². The summed E-state index contributed by atoms with van der Waals surface area (Å²) in [7, 11) is 3.89. The number of carbonyl (C=O) groups excluding carboxylic acids is 1. The summed E-state index contributed by atoms with van der Waals surface area (Å²) < 4.78 is 11.9. The topological polar surface area (TPSA) is 74.3 Å². The van der Waals surface area contributed by atoms with E-state index in [0.29, 0.717) is 31.8 Å². The summed E-state index contributed by atoms with van der Waals surface area (Å²) >= 11 is 0. The van der Waals surface area contributed by atoms with Crippen molar-refractivity contribution in [1.29, 1.82) is 0 Å². The fraction of sp³-hybridized carbons (Fsp3) is 0.469. The second-order valence-electron chi connectivity index (χ2n) is 11.3. The van der Waals surface area contributed by atoms with Gasteiger partial charge in [0.15, 0.2) is 0 Å². The molecule has 0 radical (unpaired) electrons. The molecule has 3 aliphatic rings. The third kappa shape index (κ3) is 5.87. The number of carbonyl (C=O) groups is 1. The van der Waals surface area contributed by atoms with Crippen molar-refractivity contribution in [2.75, 3.05) is 69.9 Å². The predicted octanol–water partition coefficient (Wildman–Crippen LogP) is 3.52. The van der Waals surface area contributed by atoms with E-state index in [1.54, 1.807) is 13.2 Å². The number of nitrogens with zero attached hydrogens (tertiary/aromatic N) is 6. The summed E-state index contributed by atoms with van der Waals surface area (Å²) in [4.78, 5) is 30.4. The minimum atomic E-state index is 0.114. The molecule has 6 rings (SSSR count). The molecule has 41 heavy (non-hydrogen) atoms. The van der Waals surface area contributed by atoms with E-state index >= 15 is 0 Å². The third-order valence-corrected chi connectivity index (χ3v) is 8.75. The van der Waals surface area contributed by atoms with Crippen LogP contribution >= 0.6 is 0 Å². The number of rotatable bonds is 9. The highest BCUT2D eigenvalue weighted by atomic mass is 16.5. The second-order valence-corrected chi connectivity index (χ2v) is 11.3. The molecule has 3 aromatic rings. The van der Waals surface area contributed by atoms with Gasteiger partial charge in [-0.25, -0.2) is 0 Å². The minimum Gasteiger partial charge on any atom is -0.462 e. The Labute approximate surface area is 242 Å². The normalized spacial score (nSPS) is 21.6. The molecule has 3 aliphatic heterocycles. The number of methoxy groups -OCH3 is 1. The lowest BCUT2D eigenvalue weighted by molar-refractivity contribution is -0.104. The molecule has 9 nitrogen and oxygen atoms in total. The zero-order valence-electron chi connectivity index (χ0n) is 24.1. The van der Waals surface area contributed by atoms with Gasteiger partial charge in [-0.1, -0.05) is 36.4 Å². The van der Waals surface area contributed by atoms with E-state index in [2.05, 4.69) is 69.1 Å². The number of allylic oxidation sites excluding steroid dienone is 1. The Bertz CT molecular complexity index is 1390. The van der Waals surface area contributed by atoms with Gasteiger partial charge in [0.05, 0.1) is 24.9 Å². The number of fused-ring (bicyclic) bond motifs is 2. The highest BCUT2D eigenvalue weighted by Crippen LogP contribution is 2.34. The van der Waals surface area contributed by atoms with Gasteiger partial charge >= 0.3 is 6.01 Å². The van der Waals surface area contributed by atoms with Crippen LogP contribution in [0.3, 0.4) is 0 Å². The van der Waals surface area contributed by atoms with Gasteiger partial charge in [0, 0.05) is 62.2 Å². The lowest BCUT2D eigenvalue weighted by atomic mass is 10.0. The van der Waals surface area contributed by atoms with E-state index < -0.39 is 0 Å². The van der Waals surface area contributed by atoms with Gasteiger partial charge in [-0.15, -0.1) is 0 Å². The number of aldehydes is 1. The van der Waals surface area contributed by atoms with Gasteiger partial charge in [-0.3, -0.25) is 4.79 Å². The molecule has 2 atom stereocenters. The van der Waals surface area contributed by atoms with Crippen LogP contribution in [-0.2, 0) is 22.5 Å². The van der Waals surface area contributed by atoms with Gasteiger partial charge in [-0.2, -0.15) is 9.97 Å². The molecule has 2 saturated heterocycles. The van der Waals surface area contributed by atoms with Crippen molar-refractivity contribution in [1.82, 2.24) is 19.8 Å². The highest BCUT2D eigenvalue weighted by molar-refractivity contribution is 5.94. The van der Waals surface area contributed by atoms with Crippen LogP contribution in [0.25, 0.3) is 10.8 Å². The Morgan fingerprint density at radius 2 is 1.85 bits per heavy atom. The fourth-order valence-electron chi connectivity index (χ4n) is 6.51.